The van der Waals surface area contributed by atoms with Crippen LogP contribution in [0.5, 0.6) is 0 Å². The average Bonchev–Trinajstić information content (AvgIpc) is 2.58. The largest absolute Gasteiger partial charge is 0.366 e. The summed E-state index contributed by atoms with van der Waals surface area (Å²) in [6.07, 6.45) is 17.4. The molecule has 0 aliphatic rings. The summed E-state index contributed by atoms with van der Waals surface area (Å²) in [5.41, 5.74) is 8.46. The number of nitrogens with zero attached hydrogens (tertiary/aromatic N) is 1. The number of rotatable bonds is 14. The van der Waals surface area contributed by atoms with Gasteiger partial charge < -0.3 is 5.73 Å². The Kier molecular flexibility index (Phi) is 11.2. The molecule has 1 amide bonds. The number of hydrogen-bond acceptors (Lipinski definition) is 2. The fourth-order valence-corrected chi connectivity index (χ4v) is 3.24. The van der Waals surface area contributed by atoms with E-state index in [0.717, 1.165) is 36.9 Å². The summed E-state index contributed by atoms with van der Waals surface area (Å²) in [7, 11) is 0. The molecule has 0 aliphatic heterocycles. The molecule has 0 radical (unpaired) electrons. The molecule has 3 nitrogen and oxygen atoms in total. The SMILES string of the molecule is CCCCCCCCc1c(C(N)=O)ccnc1CCCCCCC. The lowest BCUT2D eigenvalue weighted by atomic mass is 9.96. The van der Waals surface area contributed by atoms with Crippen LogP contribution in [-0.2, 0) is 12.8 Å². The van der Waals surface area contributed by atoms with Crippen molar-refractivity contribution in [1.29, 1.82) is 0 Å². The molecule has 1 heterocycles. The van der Waals surface area contributed by atoms with Crippen LogP contribution in [0.4, 0.5) is 0 Å². The van der Waals surface area contributed by atoms with Crippen molar-refractivity contribution in [2.75, 3.05) is 0 Å². The molecule has 0 atom stereocenters. The van der Waals surface area contributed by atoms with E-state index in [4.69, 9.17) is 5.73 Å². The van der Waals surface area contributed by atoms with E-state index in [9.17, 15) is 4.79 Å². The number of carbonyl (C=O) groups is 1. The number of nitrogens with two attached hydrogens (primary N) is 1. The molecule has 0 bridgehead atoms. The number of pyridine rings is 1. The van der Waals surface area contributed by atoms with Gasteiger partial charge in [-0.3, -0.25) is 9.78 Å². The van der Waals surface area contributed by atoms with Crippen molar-refractivity contribution < 1.29 is 4.79 Å². The highest BCUT2D eigenvalue weighted by Crippen LogP contribution is 2.19. The van der Waals surface area contributed by atoms with Gasteiger partial charge in [0.15, 0.2) is 0 Å². The predicted molar refractivity (Wildman–Crippen MR) is 102 cm³/mol. The van der Waals surface area contributed by atoms with Gasteiger partial charge in [-0.15, -0.1) is 0 Å². The Morgan fingerprint density at radius 1 is 0.875 bits per heavy atom. The van der Waals surface area contributed by atoms with Crippen LogP contribution in [0.3, 0.4) is 0 Å². The third kappa shape index (κ3) is 7.94. The third-order valence-electron chi connectivity index (χ3n) is 4.71. The maximum absolute atomic E-state index is 11.8. The van der Waals surface area contributed by atoms with Crippen molar-refractivity contribution >= 4 is 5.91 Å². The first-order valence-electron chi connectivity index (χ1n) is 9.97. The van der Waals surface area contributed by atoms with Crippen LogP contribution in [0.1, 0.15) is 106 Å². The monoisotopic (exact) mass is 332 g/mol. The minimum Gasteiger partial charge on any atom is -0.366 e. The van der Waals surface area contributed by atoms with Crippen LogP contribution in [0.25, 0.3) is 0 Å². The number of unbranched alkanes of at least 4 members (excludes halogenated alkanes) is 9. The first-order valence-corrected chi connectivity index (χ1v) is 9.97. The molecule has 136 valence electrons. The van der Waals surface area contributed by atoms with Gasteiger partial charge in [0, 0.05) is 17.5 Å². The van der Waals surface area contributed by atoms with Crippen LogP contribution < -0.4 is 5.73 Å². The lowest BCUT2D eigenvalue weighted by Crippen LogP contribution is -2.16. The normalized spacial score (nSPS) is 10.9. The van der Waals surface area contributed by atoms with Crippen molar-refractivity contribution in [1.82, 2.24) is 4.98 Å². The van der Waals surface area contributed by atoms with E-state index in [2.05, 4.69) is 18.8 Å². The maximum Gasteiger partial charge on any atom is 0.249 e. The fourth-order valence-electron chi connectivity index (χ4n) is 3.24. The molecule has 0 aliphatic carbocycles. The summed E-state index contributed by atoms with van der Waals surface area (Å²) in [6.45, 7) is 4.47. The summed E-state index contributed by atoms with van der Waals surface area (Å²) >= 11 is 0. The second-order valence-electron chi connectivity index (χ2n) is 6.83. The molecule has 0 saturated carbocycles. The average molecular weight is 333 g/mol. The van der Waals surface area contributed by atoms with Gasteiger partial charge in [-0.05, 0) is 37.3 Å². The number of hydrogen-bond donors (Lipinski definition) is 1. The molecule has 0 fully saturated rings. The van der Waals surface area contributed by atoms with Crippen LogP contribution in [-0.4, -0.2) is 10.9 Å². The van der Waals surface area contributed by atoms with Gasteiger partial charge in [-0.2, -0.15) is 0 Å². The predicted octanol–water partition coefficient (Wildman–Crippen LogP) is 5.60. The van der Waals surface area contributed by atoms with Crippen LogP contribution in [0, 0.1) is 0 Å². The second-order valence-corrected chi connectivity index (χ2v) is 6.83. The zero-order valence-corrected chi connectivity index (χ0v) is 15.8. The topological polar surface area (TPSA) is 56.0 Å². The Balaban J connectivity index is 2.58. The van der Waals surface area contributed by atoms with Gasteiger partial charge in [0.1, 0.15) is 0 Å². The fraction of sp³-hybridized carbons (Fsp3) is 0.714. The summed E-state index contributed by atoms with van der Waals surface area (Å²) in [6, 6.07) is 1.79. The molecule has 0 unspecified atom stereocenters. The molecule has 1 aromatic rings. The highest BCUT2D eigenvalue weighted by molar-refractivity contribution is 5.94. The Morgan fingerprint density at radius 2 is 1.42 bits per heavy atom. The van der Waals surface area contributed by atoms with Crippen molar-refractivity contribution in [2.45, 2.75) is 97.3 Å². The summed E-state index contributed by atoms with van der Waals surface area (Å²) < 4.78 is 0. The number of carbonyl (C=O) groups excluding carboxylic acids is 1. The minimum atomic E-state index is -0.314. The highest BCUT2D eigenvalue weighted by atomic mass is 16.1. The van der Waals surface area contributed by atoms with Gasteiger partial charge in [0.05, 0.1) is 0 Å². The smallest absolute Gasteiger partial charge is 0.249 e. The Bertz CT molecular complexity index is 471. The number of aryl methyl sites for hydroxylation is 1. The van der Waals surface area contributed by atoms with Crippen LogP contribution in [0.15, 0.2) is 12.3 Å². The molecular formula is C21H36N2O. The second kappa shape index (κ2) is 13.0. The third-order valence-corrected chi connectivity index (χ3v) is 4.71. The zero-order chi connectivity index (χ0) is 17.6. The Labute approximate surface area is 148 Å². The van der Waals surface area contributed by atoms with Crippen molar-refractivity contribution in [2.24, 2.45) is 5.73 Å². The van der Waals surface area contributed by atoms with Gasteiger partial charge >= 0.3 is 0 Å². The number of aromatic nitrogens is 1. The summed E-state index contributed by atoms with van der Waals surface area (Å²) in [5, 5.41) is 0. The molecule has 1 rings (SSSR count). The van der Waals surface area contributed by atoms with E-state index < -0.39 is 0 Å². The highest BCUT2D eigenvalue weighted by Gasteiger charge is 2.13. The number of primary amides is 1. The molecule has 3 heteroatoms. The van der Waals surface area contributed by atoms with Gasteiger partial charge in [-0.25, -0.2) is 0 Å². The Morgan fingerprint density at radius 3 is 2.00 bits per heavy atom. The number of amides is 1. The molecule has 0 spiro atoms. The van der Waals surface area contributed by atoms with Crippen LogP contribution >= 0.6 is 0 Å². The van der Waals surface area contributed by atoms with Crippen LogP contribution in [0.2, 0.25) is 0 Å². The molecular weight excluding hydrogens is 296 g/mol. The van der Waals surface area contributed by atoms with Crippen molar-refractivity contribution in [3.63, 3.8) is 0 Å². The van der Waals surface area contributed by atoms with Gasteiger partial charge in [0.25, 0.3) is 0 Å². The van der Waals surface area contributed by atoms with Crippen molar-refractivity contribution in [3.8, 4) is 0 Å². The minimum absolute atomic E-state index is 0.314. The van der Waals surface area contributed by atoms with E-state index >= 15 is 0 Å². The molecule has 0 saturated heterocycles. The Hall–Kier alpha value is -1.38. The molecule has 2 N–H and O–H groups in total. The molecule has 1 aromatic heterocycles. The lowest BCUT2D eigenvalue weighted by molar-refractivity contribution is 0.0999. The lowest BCUT2D eigenvalue weighted by Gasteiger charge is -2.12. The van der Waals surface area contributed by atoms with Crippen molar-refractivity contribution in [3.05, 3.63) is 29.1 Å². The van der Waals surface area contributed by atoms with E-state index in [-0.39, 0.29) is 5.91 Å². The van der Waals surface area contributed by atoms with E-state index in [1.165, 1.54) is 57.8 Å². The van der Waals surface area contributed by atoms with Gasteiger partial charge in [0.2, 0.25) is 5.91 Å². The first-order chi connectivity index (χ1) is 11.7. The molecule has 24 heavy (non-hydrogen) atoms. The maximum atomic E-state index is 11.8. The van der Waals surface area contributed by atoms with Gasteiger partial charge in [-0.1, -0.05) is 71.6 Å². The van der Waals surface area contributed by atoms with E-state index in [1.54, 1.807) is 12.3 Å². The standard InChI is InChI=1S/C21H36N2O/c1-3-5-7-9-11-12-14-18-19(21(22)24)16-17-23-20(18)15-13-10-8-6-4-2/h16-17H,3-15H2,1-2H3,(H2,22,24). The summed E-state index contributed by atoms with van der Waals surface area (Å²) in [5.74, 6) is -0.314. The van der Waals surface area contributed by atoms with E-state index in [1.807, 2.05) is 0 Å². The quantitative estimate of drug-likeness (QED) is 0.451. The molecule has 0 aromatic carbocycles. The summed E-state index contributed by atoms with van der Waals surface area (Å²) in [4.78, 5) is 16.3. The first kappa shape index (κ1) is 20.7. The zero-order valence-electron chi connectivity index (χ0n) is 15.8. The van der Waals surface area contributed by atoms with E-state index in [0.29, 0.717) is 5.56 Å².